The number of hydrogen-bond acceptors (Lipinski definition) is 3. The third-order valence-corrected chi connectivity index (χ3v) is 4.02. The first-order chi connectivity index (χ1) is 10.6. The summed E-state index contributed by atoms with van der Waals surface area (Å²) in [6, 6.07) is 7.52. The molecule has 0 heterocycles. The van der Waals surface area contributed by atoms with Crippen LogP contribution in [0.4, 0.5) is 5.69 Å². The average Bonchev–Trinajstić information content (AvgIpc) is 2.51. The number of carbonyl (C=O) groups is 2. The van der Waals surface area contributed by atoms with Crippen molar-refractivity contribution in [1.29, 1.82) is 0 Å². The molecule has 1 fully saturated rings. The number of aryl methyl sites for hydroxylation is 1. The highest BCUT2D eigenvalue weighted by Crippen LogP contribution is 2.19. The Labute approximate surface area is 131 Å². The van der Waals surface area contributed by atoms with E-state index in [1.54, 1.807) is 0 Å². The summed E-state index contributed by atoms with van der Waals surface area (Å²) in [5, 5.41) is 14.9. The lowest BCUT2D eigenvalue weighted by atomic mass is 9.93. The molecule has 0 radical (unpaired) electrons. The molecule has 1 saturated carbocycles. The second-order valence-corrected chi connectivity index (χ2v) is 5.84. The smallest absolute Gasteiger partial charge is 0.313 e. The van der Waals surface area contributed by atoms with Gasteiger partial charge < -0.3 is 15.7 Å². The molecule has 2 rings (SSSR count). The highest BCUT2D eigenvalue weighted by Gasteiger charge is 2.23. The number of amides is 2. The third kappa shape index (κ3) is 4.56. The zero-order valence-electron chi connectivity index (χ0n) is 13.0. The van der Waals surface area contributed by atoms with Crippen LogP contribution in [0.25, 0.3) is 0 Å². The Balaban J connectivity index is 1.90. The molecule has 1 aromatic carbocycles. The number of nitrogens with one attached hydrogen (secondary N) is 2. The van der Waals surface area contributed by atoms with Gasteiger partial charge in [-0.05, 0) is 43.7 Å². The molecule has 120 valence electrons. The van der Waals surface area contributed by atoms with Crippen molar-refractivity contribution in [3.63, 3.8) is 0 Å². The Bertz CT molecular complexity index is 522. The zero-order chi connectivity index (χ0) is 15.9. The lowest BCUT2D eigenvalue weighted by Crippen LogP contribution is -2.44. The van der Waals surface area contributed by atoms with E-state index in [0.29, 0.717) is 31.4 Å². The Morgan fingerprint density at radius 3 is 2.50 bits per heavy atom. The van der Waals surface area contributed by atoms with Crippen LogP contribution in [0, 0.1) is 0 Å². The molecule has 0 bridgehead atoms. The monoisotopic (exact) mass is 304 g/mol. The van der Waals surface area contributed by atoms with E-state index in [1.807, 2.05) is 24.3 Å². The minimum absolute atomic E-state index is 0.0208. The Hall–Kier alpha value is -1.88. The molecule has 0 saturated heterocycles. The van der Waals surface area contributed by atoms with Gasteiger partial charge in [-0.25, -0.2) is 0 Å². The van der Waals surface area contributed by atoms with E-state index in [2.05, 4.69) is 17.6 Å². The van der Waals surface area contributed by atoms with Gasteiger partial charge in [-0.3, -0.25) is 9.59 Å². The van der Waals surface area contributed by atoms with Crippen LogP contribution in [-0.4, -0.2) is 29.1 Å². The van der Waals surface area contributed by atoms with Gasteiger partial charge in [0.1, 0.15) is 0 Å². The van der Waals surface area contributed by atoms with Crippen LogP contribution in [0.2, 0.25) is 0 Å². The van der Waals surface area contributed by atoms with Gasteiger partial charge in [-0.15, -0.1) is 0 Å². The molecular formula is C17H24N2O3. The lowest BCUT2D eigenvalue weighted by molar-refractivity contribution is -0.136. The van der Waals surface area contributed by atoms with Gasteiger partial charge in [0.05, 0.1) is 6.10 Å². The van der Waals surface area contributed by atoms with E-state index < -0.39 is 11.8 Å². The number of aliphatic hydroxyl groups is 1. The molecule has 22 heavy (non-hydrogen) atoms. The highest BCUT2D eigenvalue weighted by molar-refractivity contribution is 6.39. The molecule has 0 spiro atoms. The largest absolute Gasteiger partial charge is 0.393 e. The number of aliphatic hydroxyl groups excluding tert-OH is 1. The molecule has 1 aliphatic rings. The third-order valence-electron chi connectivity index (χ3n) is 4.02. The molecule has 0 unspecified atom stereocenters. The first kappa shape index (κ1) is 16.5. The van der Waals surface area contributed by atoms with E-state index >= 15 is 0 Å². The molecule has 2 amide bonds. The second kappa shape index (κ2) is 7.94. The highest BCUT2D eigenvalue weighted by atomic mass is 16.3. The quantitative estimate of drug-likeness (QED) is 0.744. The van der Waals surface area contributed by atoms with Gasteiger partial charge in [0.25, 0.3) is 0 Å². The normalized spacial score (nSPS) is 21.2. The van der Waals surface area contributed by atoms with E-state index in [1.165, 1.54) is 0 Å². The number of rotatable bonds is 4. The average molecular weight is 304 g/mol. The summed E-state index contributed by atoms with van der Waals surface area (Å²) < 4.78 is 0. The number of para-hydroxylation sites is 1. The molecule has 5 heteroatoms. The van der Waals surface area contributed by atoms with Crippen molar-refractivity contribution in [2.24, 2.45) is 0 Å². The van der Waals surface area contributed by atoms with Crippen molar-refractivity contribution in [3.8, 4) is 0 Å². The summed E-state index contributed by atoms with van der Waals surface area (Å²) >= 11 is 0. The minimum Gasteiger partial charge on any atom is -0.393 e. The zero-order valence-corrected chi connectivity index (χ0v) is 13.0. The van der Waals surface area contributed by atoms with Gasteiger partial charge in [-0.2, -0.15) is 0 Å². The molecule has 0 aliphatic heterocycles. The second-order valence-electron chi connectivity index (χ2n) is 5.84. The summed E-state index contributed by atoms with van der Waals surface area (Å²) in [5.74, 6) is -1.23. The Kier molecular flexibility index (Phi) is 5.95. The fourth-order valence-electron chi connectivity index (χ4n) is 2.78. The van der Waals surface area contributed by atoms with Crippen molar-refractivity contribution in [2.45, 2.75) is 57.6 Å². The van der Waals surface area contributed by atoms with Crippen LogP contribution < -0.4 is 10.6 Å². The predicted octanol–water partition coefficient (Wildman–Crippen LogP) is 2.00. The van der Waals surface area contributed by atoms with Crippen LogP contribution in [-0.2, 0) is 16.0 Å². The van der Waals surface area contributed by atoms with Gasteiger partial charge in [0.2, 0.25) is 0 Å². The van der Waals surface area contributed by atoms with Crippen LogP contribution in [0.5, 0.6) is 0 Å². The standard InChI is InChI=1S/C17H24N2O3/c1-2-5-12-6-3-4-7-15(12)19-17(22)16(21)18-13-8-10-14(20)11-9-13/h3-4,6-7,13-14,20H,2,5,8-11H2,1H3,(H,18,21)(H,19,22). The Morgan fingerprint density at radius 1 is 1.14 bits per heavy atom. The summed E-state index contributed by atoms with van der Waals surface area (Å²) in [7, 11) is 0. The fourth-order valence-corrected chi connectivity index (χ4v) is 2.78. The fraction of sp³-hybridized carbons (Fsp3) is 0.529. The Morgan fingerprint density at radius 2 is 1.82 bits per heavy atom. The minimum atomic E-state index is -0.630. The maximum absolute atomic E-state index is 12.0. The van der Waals surface area contributed by atoms with Crippen LogP contribution in [0.1, 0.15) is 44.6 Å². The molecule has 0 atom stereocenters. The molecule has 1 aromatic rings. The first-order valence-corrected chi connectivity index (χ1v) is 7.98. The number of carbonyl (C=O) groups excluding carboxylic acids is 2. The number of benzene rings is 1. The van der Waals surface area contributed by atoms with E-state index in [0.717, 1.165) is 18.4 Å². The van der Waals surface area contributed by atoms with Gasteiger partial charge in [0, 0.05) is 11.7 Å². The lowest BCUT2D eigenvalue weighted by Gasteiger charge is -2.25. The molecule has 0 aromatic heterocycles. The predicted molar refractivity (Wildman–Crippen MR) is 85.5 cm³/mol. The molecular weight excluding hydrogens is 280 g/mol. The summed E-state index contributed by atoms with van der Waals surface area (Å²) in [6.07, 6.45) is 4.34. The van der Waals surface area contributed by atoms with E-state index in [9.17, 15) is 14.7 Å². The maximum atomic E-state index is 12.0. The van der Waals surface area contributed by atoms with Crippen LogP contribution in [0.3, 0.4) is 0 Å². The van der Waals surface area contributed by atoms with Crippen molar-refractivity contribution in [3.05, 3.63) is 29.8 Å². The molecule has 5 nitrogen and oxygen atoms in total. The van der Waals surface area contributed by atoms with Crippen molar-refractivity contribution >= 4 is 17.5 Å². The van der Waals surface area contributed by atoms with Gasteiger partial charge >= 0.3 is 11.8 Å². The van der Waals surface area contributed by atoms with Crippen molar-refractivity contribution in [1.82, 2.24) is 5.32 Å². The number of hydrogen-bond donors (Lipinski definition) is 3. The topological polar surface area (TPSA) is 78.4 Å². The number of anilines is 1. The molecule has 1 aliphatic carbocycles. The van der Waals surface area contributed by atoms with Crippen molar-refractivity contribution in [2.75, 3.05) is 5.32 Å². The van der Waals surface area contributed by atoms with Crippen molar-refractivity contribution < 1.29 is 14.7 Å². The van der Waals surface area contributed by atoms with E-state index in [4.69, 9.17) is 0 Å². The first-order valence-electron chi connectivity index (χ1n) is 7.98. The van der Waals surface area contributed by atoms with E-state index in [-0.39, 0.29) is 12.1 Å². The van der Waals surface area contributed by atoms with Gasteiger partial charge in [0.15, 0.2) is 0 Å². The summed E-state index contributed by atoms with van der Waals surface area (Å²) in [5.41, 5.74) is 1.73. The maximum Gasteiger partial charge on any atom is 0.313 e. The summed E-state index contributed by atoms with van der Waals surface area (Å²) in [4.78, 5) is 24.0. The molecule has 3 N–H and O–H groups in total. The SMILES string of the molecule is CCCc1ccccc1NC(=O)C(=O)NC1CCC(O)CC1. The van der Waals surface area contributed by atoms with Crippen LogP contribution >= 0.6 is 0 Å². The summed E-state index contributed by atoms with van der Waals surface area (Å²) in [6.45, 7) is 2.07. The van der Waals surface area contributed by atoms with Crippen LogP contribution in [0.15, 0.2) is 24.3 Å². The van der Waals surface area contributed by atoms with Gasteiger partial charge in [-0.1, -0.05) is 31.5 Å².